The summed E-state index contributed by atoms with van der Waals surface area (Å²) in [6.45, 7) is 5.03. The highest BCUT2D eigenvalue weighted by Gasteiger charge is 2.15. The normalized spacial score (nSPS) is 23.6. The molecular weight excluding hydrogens is 140 g/mol. The van der Waals surface area contributed by atoms with Crippen molar-refractivity contribution in [3.05, 3.63) is 0 Å². The van der Waals surface area contributed by atoms with Crippen LogP contribution in [0.4, 0.5) is 0 Å². The Kier molecular flexibility index (Phi) is 2.82. The molecule has 1 aliphatic heterocycles. The fourth-order valence-corrected chi connectivity index (χ4v) is 0.986. The van der Waals surface area contributed by atoms with Crippen LogP contribution in [0.2, 0.25) is 0 Å². The first-order valence-corrected chi connectivity index (χ1v) is 3.99. The number of rotatable bonds is 3. The Morgan fingerprint density at radius 2 is 2.27 bits per heavy atom. The van der Waals surface area contributed by atoms with Crippen LogP contribution >= 0.6 is 0 Å². The van der Waals surface area contributed by atoms with Crippen LogP contribution in [-0.4, -0.2) is 49.7 Å². The molecule has 0 radical (unpaired) electrons. The van der Waals surface area contributed by atoms with E-state index in [0.717, 1.165) is 19.6 Å². The zero-order chi connectivity index (χ0) is 8.27. The lowest BCUT2D eigenvalue weighted by molar-refractivity contribution is 0.222. The van der Waals surface area contributed by atoms with Gasteiger partial charge in [0.05, 0.1) is 19.1 Å². The summed E-state index contributed by atoms with van der Waals surface area (Å²) in [7, 11) is 4.13. The smallest absolute Gasteiger partial charge is 0.0838 e. The highest BCUT2D eigenvalue weighted by molar-refractivity contribution is 4.69. The van der Waals surface area contributed by atoms with E-state index >= 15 is 0 Å². The topological polar surface area (TPSA) is 31.2 Å². The summed E-state index contributed by atoms with van der Waals surface area (Å²) in [4.78, 5) is 2.15. The van der Waals surface area contributed by atoms with Crippen molar-refractivity contribution >= 4 is 0 Å². The van der Waals surface area contributed by atoms with E-state index in [9.17, 15) is 0 Å². The van der Waals surface area contributed by atoms with E-state index in [1.54, 1.807) is 0 Å². The Morgan fingerprint density at radius 3 is 2.73 bits per heavy atom. The lowest BCUT2D eigenvalue weighted by atomic mass is 10.3. The monoisotopic (exact) mass is 156 g/mol. The van der Waals surface area contributed by atoms with Gasteiger partial charge < -0.3 is 4.90 Å². The molecule has 0 aromatic rings. The summed E-state index contributed by atoms with van der Waals surface area (Å²) < 4.78 is 0. The molecule has 4 heteroatoms. The van der Waals surface area contributed by atoms with Crippen LogP contribution in [0.15, 0.2) is 10.3 Å². The zero-order valence-corrected chi connectivity index (χ0v) is 7.49. The third-order valence-electron chi connectivity index (χ3n) is 1.81. The quantitative estimate of drug-likeness (QED) is 0.600. The molecule has 0 aromatic carbocycles. The Morgan fingerprint density at radius 1 is 1.55 bits per heavy atom. The van der Waals surface area contributed by atoms with Crippen molar-refractivity contribution in [3.8, 4) is 0 Å². The fraction of sp³-hybridized carbons (Fsp3) is 1.00. The minimum absolute atomic E-state index is 0.495. The maximum Gasteiger partial charge on any atom is 0.0838 e. The molecule has 1 unspecified atom stereocenters. The molecule has 11 heavy (non-hydrogen) atoms. The third-order valence-corrected chi connectivity index (χ3v) is 1.81. The predicted molar refractivity (Wildman–Crippen MR) is 44.4 cm³/mol. The summed E-state index contributed by atoms with van der Waals surface area (Å²) in [5, 5.41) is 10.0. The van der Waals surface area contributed by atoms with Crippen LogP contribution in [-0.2, 0) is 0 Å². The molecule has 1 rings (SSSR count). The molecule has 1 atom stereocenters. The standard InChI is InChI=1S/C7H16N4/c1-7-6-8-9-11(7)5-4-10(2)3/h7H,4-6H2,1-3H3. The summed E-state index contributed by atoms with van der Waals surface area (Å²) in [5.74, 6) is 0. The molecule has 0 aliphatic carbocycles. The Bertz CT molecular complexity index is 143. The first kappa shape index (κ1) is 8.46. The SMILES string of the molecule is CC1CN=NN1CCN(C)C. The van der Waals surface area contributed by atoms with Gasteiger partial charge in [0.15, 0.2) is 0 Å². The molecule has 0 aromatic heterocycles. The predicted octanol–water partition coefficient (Wildman–Crippen LogP) is 0.619. The summed E-state index contributed by atoms with van der Waals surface area (Å²) >= 11 is 0. The molecule has 0 saturated heterocycles. The number of likely N-dealkylation sites (N-methyl/N-ethyl adjacent to an activating group) is 1. The van der Waals surface area contributed by atoms with Crippen LogP contribution in [0.5, 0.6) is 0 Å². The van der Waals surface area contributed by atoms with Crippen molar-refractivity contribution in [1.29, 1.82) is 0 Å². The lowest BCUT2D eigenvalue weighted by Crippen LogP contribution is -2.32. The van der Waals surface area contributed by atoms with Crippen molar-refractivity contribution in [2.75, 3.05) is 33.7 Å². The second-order valence-corrected chi connectivity index (χ2v) is 3.23. The molecule has 1 heterocycles. The van der Waals surface area contributed by atoms with Gasteiger partial charge in [0.25, 0.3) is 0 Å². The Balaban J connectivity index is 2.20. The van der Waals surface area contributed by atoms with Crippen LogP contribution in [0.3, 0.4) is 0 Å². The Hall–Kier alpha value is -0.640. The van der Waals surface area contributed by atoms with Gasteiger partial charge in [-0.25, -0.2) is 0 Å². The van der Waals surface area contributed by atoms with Gasteiger partial charge >= 0.3 is 0 Å². The molecule has 0 saturated carbocycles. The molecule has 0 amide bonds. The van der Waals surface area contributed by atoms with Crippen molar-refractivity contribution in [3.63, 3.8) is 0 Å². The van der Waals surface area contributed by atoms with E-state index in [0.29, 0.717) is 6.04 Å². The van der Waals surface area contributed by atoms with Crippen LogP contribution in [0.25, 0.3) is 0 Å². The summed E-state index contributed by atoms with van der Waals surface area (Å²) in [6, 6.07) is 0.495. The van der Waals surface area contributed by atoms with Crippen molar-refractivity contribution in [2.24, 2.45) is 10.3 Å². The van der Waals surface area contributed by atoms with E-state index in [1.807, 2.05) is 5.01 Å². The van der Waals surface area contributed by atoms with Gasteiger partial charge in [-0.1, -0.05) is 5.22 Å². The van der Waals surface area contributed by atoms with E-state index in [1.165, 1.54) is 0 Å². The van der Waals surface area contributed by atoms with Gasteiger partial charge in [-0.3, -0.25) is 5.01 Å². The molecule has 64 valence electrons. The third kappa shape index (κ3) is 2.46. The second kappa shape index (κ2) is 3.67. The molecule has 0 bridgehead atoms. The van der Waals surface area contributed by atoms with Crippen LogP contribution < -0.4 is 0 Å². The largest absolute Gasteiger partial charge is 0.308 e. The average Bonchev–Trinajstić information content (AvgIpc) is 2.31. The lowest BCUT2D eigenvalue weighted by Gasteiger charge is -2.19. The molecule has 0 spiro atoms. The maximum atomic E-state index is 4.02. The van der Waals surface area contributed by atoms with Crippen molar-refractivity contribution < 1.29 is 0 Å². The molecule has 0 N–H and O–H groups in total. The van der Waals surface area contributed by atoms with E-state index in [-0.39, 0.29) is 0 Å². The second-order valence-electron chi connectivity index (χ2n) is 3.23. The van der Waals surface area contributed by atoms with Crippen molar-refractivity contribution in [1.82, 2.24) is 9.91 Å². The number of nitrogens with zero attached hydrogens (tertiary/aromatic N) is 4. The minimum atomic E-state index is 0.495. The van der Waals surface area contributed by atoms with Gasteiger partial charge in [0.1, 0.15) is 0 Å². The molecular formula is C7H16N4. The van der Waals surface area contributed by atoms with Crippen LogP contribution in [0.1, 0.15) is 6.92 Å². The van der Waals surface area contributed by atoms with E-state index in [4.69, 9.17) is 0 Å². The number of hydrogen-bond donors (Lipinski definition) is 0. The van der Waals surface area contributed by atoms with Crippen molar-refractivity contribution in [2.45, 2.75) is 13.0 Å². The average molecular weight is 156 g/mol. The van der Waals surface area contributed by atoms with Gasteiger partial charge in [-0.05, 0) is 21.0 Å². The van der Waals surface area contributed by atoms with Gasteiger partial charge in [0.2, 0.25) is 0 Å². The fourth-order valence-electron chi connectivity index (χ4n) is 0.986. The first-order valence-electron chi connectivity index (χ1n) is 3.99. The zero-order valence-electron chi connectivity index (χ0n) is 7.49. The maximum absolute atomic E-state index is 4.02. The summed E-state index contributed by atoms with van der Waals surface area (Å²) in [5.41, 5.74) is 0. The highest BCUT2D eigenvalue weighted by atomic mass is 15.6. The highest BCUT2D eigenvalue weighted by Crippen LogP contribution is 2.07. The molecule has 1 aliphatic rings. The number of hydrogen-bond acceptors (Lipinski definition) is 4. The van der Waals surface area contributed by atoms with Gasteiger partial charge in [-0.15, -0.1) is 0 Å². The summed E-state index contributed by atoms with van der Waals surface area (Å²) in [6.07, 6.45) is 0. The minimum Gasteiger partial charge on any atom is -0.308 e. The first-order chi connectivity index (χ1) is 5.20. The van der Waals surface area contributed by atoms with Crippen LogP contribution in [0, 0.1) is 0 Å². The van der Waals surface area contributed by atoms with Gasteiger partial charge in [-0.2, -0.15) is 5.11 Å². The van der Waals surface area contributed by atoms with E-state index < -0.39 is 0 Å². The van der Waals surface area contributed by atoms with Gasteiger partial charge in [0, 0.05) is 6.54 Å². The Labute approximate surface area is 67.9 Å². The molecule has 4 nitrogen and oxygen atoms in total. The van der Waals surface area contributed by atoms with E-state index in [2.05, 4.69) is 36.3 Å². The molecule has 0 fully saturated rings.